The van der Waals surface area contributed by atoms with E-state index in [9.17, 15) is 9.18 Å². The molecule has 0 radical (unpaired) electrons. The minimum atomic E-state index is -1.11. The molecule has 0 saturated heterocycles. The Labute approximate surface area is 90.0 Å². The summed E-state index contributed by atoms with van der Waals surface area (Å²) in [6.45, 7) is 1.60. The average Bonchev–Trinajstić information content (AvgIpc) is 2.61. The van der Waals surface area contributed by atoms with Crippen molar-refractivity contribution >= 4 is 5.97 Å². The van der Waals surface area contributed by atoms with Gasteiger partial charge in [-0.25, -0.2) is 19.2 Å². The Morgan fingerprint density at radius 3 is 2.75 bits per heavy atom. The Morgan fingerprint density at radius 2 is 2.25 bits per heavy atom. The van der Waals surface area contributed by atoms with E-state index in [-0.39, 0.29) is 5.69 Å². The van der Waals surface area contributed by atoms with Crippen molar-refractivity contribution in [3.8, 4) is 11.5 Å². The fourth-order valence-corrected chi connectivity index (χ4v) is 1.31. The largest absolute Gasteiger partial charge is 0.476 e. The van der Waals surface area contributed by atoms with Crippen molar-refractivity contribution in [1.29, 1.82) is 0 Å². The number of carboxylic acids is 1. The number of nitrogens with one attached hydrogen (secondary N) is 1. The Hall–Kier alpha value is -2.24. The van der Waals surface area contributed by atoms with Crippen molar-refractivity contribution in [2.45, 2.75) is 6.92 Å². The zero-order valence-electron chi connectivity index (χ0n) is 8.36. The first-order chi connectivity index (χ1) is 7.58. The maximum Gasteiger partial charge on any atom is 0.356 e. The summed E-state index contributed by atoms with van der Waals surface area (Å²) in [5.41, 5.74) is 0.784. The molecule has 0 unspecified atom stereocenters. The molecule has 0 spiro atoms. The van der Waals surface area contributed by atoms with E-state index in [0.29, 0.717) is 17.2 Å². The third-order valence-electron chi connectivity index (χ3n) is 2.06. The summed E-state index contributed by atoms with van der Waals surface area (Å²) in [5, 5.41) is 8.81. The first-order valence-electron chi connectivity index (χ1n) is 4.50. The number of aromatic nitrogens is 3. The second-order valence-corrected chi connectivity index (χ2v) is 3.23. The van der Waals surface area contributed by atoms with E-state index in [2.05, 4.69) is 15.0 Å². The Kier molecular flexibility index (Phi) is 2.40. The van der Waals surface area contributed by atoms with Crippen molar-refractivity contribution in [1.82, 2.24) is 15.0 Å². The number of hydrogen-bond donors (Lipinski definition) is 2. The first kappa shape index (κ1) is 10.3. The number of aromatic carboxylic acids is 1. The summed E-state index contributed by atoms with van der Waals surface area (Å²) >= 11 is 0. The number of carbonyl (C=O) groups is 1. The monoisotopic (exact) mass is 221 g/mol. The number of aromatic amines is 1. The third-order valence-corrected chi connectivity index (χ3v) is 2.06. The lowest BCUT2D eigenvalue weighted by atomic mass is 10.3. The van der Waals surface area contributed by atoms with Gasteiger partial charge in [-0.2, -0.15) is 0 Å². The Bertz CT molecular complexity index is 533. The molecule has 0 aliphatic heterocycles. The standard InChI is InChI=1S/C10H8FN3O2/c1-5-8(10(15)16)14-9(13-5)7-3-2-6(11)4-12-7/h2-4H,1H3,(H,13,14)(H,15,16). The van der Waals surface area contributed by atoms with Crippen LogP contribution in [-0.2, 0) is 0 Å². The number of pyridine rings is 1. The first-order valence-corrected chi connectivity index (χ1v) is 4.50. The number of carboxylic acid groups (broad SMARTS) is 1. The van der Waals surface area contributed by atoms with Gasteiger partial charge in [0.2, 0.25) is 0 Å². The number of nitrogens with zero attached hydrogens (tertiary/aromatic N) is 2. The summed E-state index contributed by atoms with van der Waals surface area (Å²) < 4.78 is 12.6. The highest BCUT2D eigenvalue weighted by Gasteiger charge is 2.14. The molecule has 0 aliphatic rings. The minimum absolute atomic E-state index is 0.0545. The van der Waals surface area contributed by atoms with Crippen LogP contribution in [-0.4, -0.2) is 26.0 Å². The second-order valence-electron chi connectivity index (χ2n) is 3.23. The molecule has 0 saturated carbocycles. The predicted molar refractivity (Wildman–Crippen MR) is 53.5 cm³/mol. The molecule has 0 bridgehead atoms. The fraction of sp³-hybridized carbons (Fsp3) is 0.100. The summed E-state index contributed by atoms with van der Waals surface area (Å²) in [6, 6.07) is 2.67. The molecule has 2 aromatic heterocycles. The SMILES string of the molecule is Cc1[nH]c(-c2ccc(F)cn2)nc1C(=O)O. The van der Waals surface area contributed by atoms with E-state index in [1.54, 1.807) is 6.92 Å². The molecule has 0 fully saturated rings. The van der Waals surface area contributed by atoms with Crippen LogP contribution in [0.5, 0.6) is 0 Å². The van der Waals surface area contributed by atoms with Gasteiger partial charge in [-0.1, -0.05) is 0 Å². The number of halogens is 1. The highest BCUT2D eigenvalue weighted by atomic mass is 19.1. The molecule has 2 rings (SSSR count). The molecule has 6 heteroatoms. The van der Waals surface area contributed by atoms with Gasteiger partial charge in [-0.3, -0.25) is 0 Å². The second kappa shape index (κ2) is 3.73. The lowest BCUT2D eigenvalue weighted by molar-refractivity contribution is 0.0690. The highest BCUT2D eigenvalue weighted by Crippen LogP contribution is 2.15. The maximum absolute atomic E-state index is 12.6. The van der Waals surface area contributed by atoms with E-state index >= 15 is 0 Å². The van der Waals surface area contributed by atoms with Gasteiger partial charge < -0.3 is 10.1 Å². The van der Waals surface area contributed by atoms with Gasteiger partial charge in [-0.05, 0) is 19.1 Å². The van der Waals surface area contributed by atoms with E-state index in [0.717, 1.165) is 6.20 Å². The van der Waals surface area contributed by atoms with Crippen LogP contribution in [0.2, 0.25) is 0 Å². The van der Waals surface area contributed by atoms with Crippen LogP contribution < -0.4 is 0 Å². The van der Waals surface area contributed by atoms with E-state index in [1.807, 2.05) is 0 Å². The van der Waals surface area contributed by atoms with Crippen molar-refractivity contribution in [2.24, 2.45) is 0 Å². The number of imidazole rings is 1. The summed E-state index contributed by atoms with van der Waals surface area (Å²) in [4.78, 5) is 21.2. The highest BCUT2D eigenvalue weighted by molar-refractivity contribution is 5.87. The van der Waals surface area contributed by atoms with Crippen molar-refractivity contribution < 1.29 is 14.3 Å². The maximum atomic E-state index is 12.6. The van der Waals surface area contributed by atoms with Crippen LogP contribution in [0.1, 0.15) is 16.2 Å². The van der Waals surface area contributed by atoms with Crippen LogP contribution in [0.3, 0.4) is 0 Å². The topological polar surface area (TPSA) is 78.9 Å². The van der Waals surface area contributed by atoms with Gasteiger partial charge in [-0.15, -0.1) is 0 Å². The van der Waals surface area contributed by atoms with Crippen molar-refractivity contribution in [3.63, 3.8) is 0 Å². The predicted octanol–water partition coefficient (Wildman–Crippen LogP) is 1.62. The molecule has 2 aromatic rings. The van der Waals surface area contributed by atoms with Crippen LogP contribution in [0.15, 0.2) is 18.3 Å². The number of hydrogen-bond acceptors (Lipinski definition) is 3. The van der Waals surface area contributed by atoms with E-state index < -0.39 is 11.8 Å². The van der Waals surface area contributed by atoms with Gasteiger partial charge in [0, 0.05) is 5.69 Å². The van der Waals surface area contributed by atoms with E-state index in [4.69, 9.17) is 5.11 Å². The number of aryl methyl sites for hydroxylation is 1. The smallest absolute Gasteiger partial charge is 0.356 e. The Morgan fingerprint density at radius 1 is 1.50 bits per heavy atom. The van der Waals surface area contributed by atoms with Crippen LogP contribution >= 0.6 is 0 Å². The van der Waals surface area contributed by atoms with Crippen LogP contribution in [0.4, 0.5) is 4.39 Å². The molecule has 0 aromatic carbocycles. The van der Waals surface area contributed by atoms with Gasteiger partial charge in [0.1, 0.15) is 11.5 Å². The summed E-state index contributed by atoms with van der Waals surface area (Å²) in [7, 11) is 0. The molecule has 82 valence electrons. The molecule has 0 atom stereocenters. The zero-order chi connectivity index (χ0) is 11.7. The summed E-state index contributed by atoms with van der Waals surface area (Å²) in [5.74, 6) is -1.25. The number of H-pyrrole nitrogens is 1. The average molecular weight is 221 g/mol. The lowest BCUT2D eigenvalue weighted by Crippen LogP contribution is -1.98. The fourth-order valence-electron chi connectivity index (χ4n) is 1.31. The Balaban J connectivity index is 2.45. The molecule has 16 heavy (non-hydrogen) atoms. The quantitative estimate of drug-likeness (QED) is 0.807. The molecular formula is C10H8FN3O2. The third kappa shape index (κ3) is 1.77. The normalized spacial score (nSPS) is 10.4. The van der Waals surface area contributed by atoms with Crippen molar-refractivity contribution in [2.75, 3.05) is 0 Å². The van der Waals surface area contributed by atoms with Crippen molar-refractivity contribution in [3.05, 3.63) is 35.5 Å². The lowest BCUT2D eigenvalue weighted by Gasteiger charge is -1.94. The van der Waals surface area contributed by atoms with Crippen LogP contribution in [0.25, 0.3) is 11.5 Å². The van der Waals surface area contributed by atoms with Gasteiger partial charge >= 0.3 is 5.97 Å². The van der Waals surface area contributed by atoms with Gasteiger partial charge in [0.15, 0.2) is 11.5 Å². The number of rotatable bonds is 2. The molecule has 0 aliphatic carbocycles. The van der Waals surface area contributed by atoms with Gasteiger partial charge in [0.05, 0.1) is 6.20 Å². The molecule has 5 nitrogen and oxygen atoms in total. The zero-order valence-corrected chi connectivity index (χ0v) is 8.36. The molecule has 2 heterocycles. The molecular weight excluding hydrogens is 213 g/mol. The summed E-state index contributed by atoms with van der Waals surface area (Å²) in [6.07, 6.45) is 1.05. The van der Waals surface area contributed by atoms with Gasteiger partial charge in [0.25, 0.3) is 0 Å². The minimum Gasteiger partial charge on any atom is -0.476 e. The van der Waals surface area contributed by atoms with E-state index in [1.165, 1.54) is 12.1 Å². The molecule has 0 amide bonds. The van der Waals surface area contributed by atoms with Crippen LogP contribution in [0, 0.1) is 12.7 Å². The molecule has 2 N–H and O–H groups in total.